The number of benzene rings is 2. The summed E-state index contributed by atoms with van der Waals surface area (Å²) in [6, 6.07) is 20.3. The summed E-state index contributed by atoms with van der Waals surface area (Å²) in [5, 5.41) is 3.90. The molecule has 1 N–H and O–H groups in total. The third-order valence-corrected chi connectivity index (χ3v) is 6.68. The number of hydrogen-bond donors (Lipinski definition) is 1. The predicted molar refractivity (Wildman–Crippen MR) is 129 cm³/mol. The van der Waals surface area contributed by atoms with Crippen LogP contribution in [0.5, 0.6) is 0 Å². The van der Waals surface area contributed by atoms with Crippen LogP contribution in [0, 0.1) is 0 Å². The Hall–Kier alpha value is -2.30. The smallest absolute Gasteiger partial charge is 0.243 e. The van der Waals surface area contributed by atoms with Crippen LogP contribution < -0.4 is 10.2 Å². The van der Waals surface area contributed by atoms with Gasteiger partial charge in [0.05, 0.1) is 0 Å². The van der Waals surface area contributed by atoms with E-state index in [0.717, 1.165) is 44.6 Å². The number of piperazine rings is 1. The summed E-state index contributed by atoms with van der Waals surface area (Å²) in [6.07, 6.45) is 7.74. The molecule has 0 spiro atoms. The molecule has 2 aliphatic rings. The van der Waals surface area contributed by atoms with Crippen molar-refractivity contribution in [2.24, 2.45) is 0 Å². The highest BCUT2D eigenvalue weighted by atomic mass is 35.5. The molecule has 31 heavy (non-hydrogen) atoms. The summed E-state index contributed by atoms with van der Waals surface area (Å²) in [7, 11) is 0. The second kappa shape index (κ2) is 10.8. The Morgan fingerprint density at radius 1 is 0.903 bits per heavy atom. The number of nitrogens with zero attached hydrogens (tertiary/aromatic N) is 2. The SMILES string of the molecule is O=C(NC1CCCCC1)C(C(Cl)=Cc1ccccc1)N1CCN(c2ccccc2)CC1. The van der Waals surface area contributed by atoms with Gasteiger partial charge in [-0.15, -0.1) is 0 Å². The Bertz CT molecular complexity index is 857. The van der Waals surface area contributed by atoms with Crippen LogP contribution in [0.15, 0.2) is 65.7 Å². The average Bonchev–Trinajstić information content (AvgIpc) is 2.81. The van der Waals surface area contributed by atoms with E-state index in [4.69, 9.17) is 11.6 Å². The zero-order valence-corrected chi connectivity index (χ0v) is 18.8. The van der Waals surface area contributed by atoms with Crippen molar-refractivity contribution < 1.29 is 4.79 Å². The van der Waals surface area contributed by atoms with Gasteiger partial charge in [-0.25, -0.2) is 0 Å². The highest BCUT2D eigenvalue weighted by molar-refractivity contribution is 6.34. The van der Waals surface area contributed by atoms with Crippen molar-refractivity contribution in [1.29, 1.82) is 0 Å². The standard InChI is InChI=1S/C26H32ClN3O/c27-24(20-21-10-4-1-5-11-21)25(26(31)28-22-12-6-2-7-13-22)30-18-16-29(17-19-30)23-14-8-3-9-15-23/h1,3-5,8-11,14-15,20,22,25H,2,6-7,12-13,16-19H2,(H,28,31). The van der Waals surface area contributed by atoms with Gasteiger partial charge < -0.3 is 10.2 Å². The van der Waals surface area contributed by atoms with Gasteiger partial charge in [-0.05, 0) is 36.6 Å². The van der Waals surface area contributed by atoms with E-state index in [1.165, 1.54) is 24.9 Å². The van der Waals surface area contributed by atoms with Gasteiger partial charge in [-0.2, -0.15) is 0 Å². The predicted octanol–water partition coefficient (Wildman–Crippen LogP) is 4.91. The fourth-order valence-electron chi connectivity index (χ4n) is 4.66. The molecule has 2 aromatic carbocycles. The topological polar surface area (TPSA) is 35.6 Å². The first-order valence-electron chi connectivity index (χ1n) is 11.5. The Morgan fingerprint density at radius 3 is 2.16 bits per heavy atom. The summed E-state index contributed by atoms with van der Waals surface area (Å²) < 4.78 is 0. The number of anilines is 1. The zero-order valence-electron chi connectivity index (χ0n) is 18.1. The van der Waals surface area contributed by atoms with Crippen molar-refractivity contribution in [3.05, 3.63) is 71.3 Å². The van der Waals surface area contributed by atoms with Gasteiger partial charge in [0.1, 0.15) is 6.04 Å². The molecule has 1 aliphatic heterocycles. The number of halogens is 1. The van der Waals surface area contributed by atoms with Crippen LogP contribution in [-0.2, 0) is 4.79 Å². The number of nitrogens with one attached hydrogen (secondary N) is 1. The van der Waals surface area contributed by atoms with Gasteiger partial charge in [0.25, 0.3) is 0 Å². The van der Waals surface area contributed by atoms with Crippen molar-refractivity contribution in [2.45, 2.75) is 44.2 Å². The molecule has 1 saturated carbocycles. The van der Waals surface area contributed by atoms with E-state index in [-0.39, 0.29) is 11.9 Å². The molecule has 2 fully saturated rings. The summed E-state index contributed by atoms with van der Waals surface area (Å²) in [6.45, 7) is 3.37. The summed E-state index contributed by atoms with van der Waals surface area (Å²) in [5.74, 6) is 0.0391. The largest absolute Gasteiger partial charge is 0.369 e. The molecule has 2 aromatic rings. The lowest BCUT2D eigenvalue weighted by molar-refractivity contribution is -0.126. The van der Waals surface area contributed by atoms with E-state index < -0.39 is 6.04 Å². The first-order chi connectivity index (χ1) is 15.2. The highest BCUT2D eigenvalue weighted by Crippen LogP contribution is 2.24. The van der Waals surface area contributed by atoms with Crippen LogP contribution in [0.3, 0.4) is 0 Å². The molecular weight excluding hydrogens is 406 g/mol. The van der Waals surface area contributed by atoms with Crippen molar-refractivity contribution in [3.63, 3.8) is 0 Å². The van der Waals surface area contributed by atoms with Gasteiger partial charge in [0, 0.05) is 42.9 Å². The molecule has 164 valence electrons. The fraction of sp³-hybridized carbons (Fsp3) is 0.423. The maximum Gasteiger partial charge on any atom is 0.243 e. The molecule has 1 unspecified atom stereocenters. The molecule has 0 bridgehead atoms. The van der Waals surface area contributed by atoms with Gasteiger partial charge in [-0.3, -0.25) is 9.69 Å². The van der Waals surface area contributed by atoms with E-state index in [0.29, 0.717) is 5.03 Å². The van der Waals surface area contributed by atoms with Crippen molar-refractivity contribution in [1.82, 2.24) is 10.2 Å². The Kier molecular flexibility index (Phi) is 7.66. The number of rotatable bonds is 6. The van der Waals surface area contributed by atoms with Crippen LogP contribution in [0.25, 0.3) is 6.08 Å². The molecule has 0 radical (unpaired) electrons. The molecule has 5 heteroatoms. The minimum Gasteiger partial charge on any atom is -0.369 e. The zero-order chi connectivity index (χ0) is 21.5. The van der Waals surface area contributed by atoms with E-state index in [2.05, 4.69) is 39.4 Å². The van der Waals surface area contributed by atoms with Crippen LogP contribution in [0.2, 0.25) is 0 Å². The van der Waals surface area contributed by atoms with Gasteiger partial charge in [0.2, 0.25) is 5.91 Å². The third kappa shape index (κ3) is 5.90. The summed E-state index contributed by atoms with van der Waals surface area (Å²) in [5.41, 5.74) is 2.25. The highest BCUT2D eigenvalue weighted by Gasteiger charge is 2.33. The Balaban J connectivity index is 1.49. The number of para-hydroxylation sites is 1. The quantitative estimate of drug-likeness (QED) is 0.697. The molecule has 1 atom stereocenters. The van der Waals surface area contributed by atoms with E-state index >= 15 is 0 Å². The number of hydrogen-bond acceptors (Lipinski definition) is 3. The Morgan fingerprint density at radius 2 is 1.52 bits per heavy atom. The molecular formula is C26H32ClN3O. The molecule has 1 heterocycles. The van der Waals surface area contributed by atoms with E-state index in [9.17, 15) is 4.79 Å². The molecule has 1 saturated heterocycles. The lowest BCUT2D eigenvalue weighted by atomic mass is 9.95. The molecule has 4 rings (SSSR count). The van der Waals surface area contributed by atoms with Gasteiger partial charge in [0.15, 0.2) is 0 Å². The minimum atomic E-state index is -0.443. The van der Waals surface area contributed by atoms with Crippen molar-refractivity contribution in [3.8, 4) is 0 Å². The second-order valence-electron chi connectivity index (χ2n) is 8.54. The maximum absolute atomic E-state index is 13.4. The lowest BCUT2D eigenvalue weighted by Gasteiger charge is -2.40. The van der Waals surface area contributed by atoms with Crippen LogP contribution in [0.1, 0.15) is 37.7 Å². The monoisotopic (exact) mass is 437 g/mol. The third-order valence-electron chi connectivity index (χ3n) is 6.37. The fourth-order valence-corrected chi connectivity index (χ4v) is 5.02. The van der Waals surface area contributed by atoms with Crippen LogP contribution in [0.4, 0.5) is 5.69 Å². The lowest BCUT2D eigenvalue weighted by Crippen LogP contribution is -2.56. The van der Waals surface area contributed by atoms with E-state index in [1.807, 2.05) is 42.5 Å². The van der Waals surface area contributed by atoms with Gasteiger partial charge in [-0.1, -0.05) is 79.4 Å². The molecule has 1 aliphatic carbocycles. The van der Waals surface area contributed by atoms with Crippen molar-refractivity contribution in [2.75, 3.05) is 31.1 Å². The van der Waals surface area contributed by atoms with Gasteiger partial charge >= 0.3 is 0 Å². The summed E-state index contributed by atoms with van der Waals surface area (Å²) in [4.78, 5) is 18.0. The molecule has 0 aromatic heterocycles. The van der Waals surface area contributed by atoms with Crippen LogP contribution in [-0.4, -0.2) is 49.1 Å². The molecule has 4 nitrogen and oxygen atoms in total. The first-order valence-corrected chi connectivity index (χ1v) is 11.8. The average molecular weight is 438 g/mol. The van der Waals surface area contributed by atoms with E-state index in [1.54, 1.807) is 0 Å². The second-order valence-corrected chi connectivity index (χ2v) is 8.98. The maximum atomic E-state index is 13.4. The number of carbonyl (C=O) groups excluding carboxylic acids is 1. The Labute approximate surface area is 190 Å². The number of carbonyl (C=O) groups is 1. The first kappa shape index (κ1) is 21.9. The van der Waals surface area contributed by atoms with Crippen LogP contribution >= 0.6 is 11.6 Å². The van der Waals surface area contributed by atoms with Crippen molar-refractivity contribution >= 4 is 29.3 Å². The normalized spacial score (nSPS) is 19.8. The minimum absolute atomic E-state index is 0.0391. The molecule has 1 amide bonds. The number of amides is 1. The summed E-state index contributed by atoms with van der Waals surface area (Å²) >= 11 is 6.83.